The van der Waals surface area contributed by atoms with Gasteiger partial charge in [-0.2, -0.15) is 0 Å². The summed E-state index contributed by atoms with van der Waals surface area (Å²) in [6.45, 7) is 12.3. The normalized spacial score (nSPS) is 27.8. The van der Waals surface area contributed by atoms with E-state index in [1.165, 1.54) is 0 Å². The van der Waals surface area contributed by atoms with Crippen molar-refractivity contribution in [1.29, 1.82) is 0 Å². The molecule has 1 rings (SSSR count). The van der Waals surface area contributed by atoms with Crippen LogP contribution in [-0.4, -0.2) is 35.2 Å². The molecule has 1 saturated carbocycles. The number of carboxylic acids is 1. The van der Waals surface area contributed by atoms with Crippen molar-refractivity contribution in [3.63, 3.8) is 0 Å². The summed E-state index contributed by atoms with van der Waals surface area (Å²) in [5.41, 5.74) is -1.79. The number of nitrogens with one attached hydrogen (secondary N) is 1. The molecule has 0 heterocycles. The summed E-state index contributed by atoms with van der Waals surface area (Å²) in [5.74, 6) is -1.18. The second kappa shape index (κ2) is 5.95. The molecule has 2 N–H and O–H groups in total. The zero-order chi connectivity index (χ0) is 16.5. The fourth-order valence-corrected chi connectivity index (χ4v) is 2.83. The van der Waals surface area contributed by atoms with Gasteiger partial charge in [0, 0.05) is 24.9 Å². The minimum Gasteiger partial charge on any atom is -0.479 e. The Morgan fingerprint density at radius 2 is 1.90 bits per heavy atom. The Labute approximate surface area is 127 Å². The van der Waals surface area contributed by atoms with Crippen molar-refractivity contribution >= 4 is 11.9 Å². The lowest BCUT2D eigenvalue weighted by Gasteiger charge is -2.58. The number of carboxylic acid groups (broad SMARTS) is 1. The molecule has 0 aliphatic heterocycles. The molecular formula is C16H29NO4. The van der Waals surface area contributed by atoms with Gasteiger partial charge in [0.25, 0.3) is 0 Å². The summed E-state index contributed by atoms with van der Waals surface area (Å²) in [6.07, 6.45) is 1.25. The first-order chi connectivity index (χ1) is 9.46. The Kier molecular flexibility index (Phi) is 5.09. The molecule has 122 valence electrons. The highest BCUT2D eigenvalue weighted by atomic mass is 16.5. The summed E-state index contributed by atoms with van der Waals surface area (Å²) in [6, 6.07) is 0. The fourth-order valence-electron chi connectivity index (χ4n) is 2.83. The molecular weight excluding hydrogens is 270 g/mol. The molecule has 1 amide bonds. The highest BCUT2D eigenvalue weighted by Gasteiger charge is 2.66. The molecule has 0 bridgehead atoms. The number of ether oxygens (including phenoxy) is 1. The SMILES string of the molecule is CCOC1CC(NC(=O)CCC(C)(C)C)(C(=O)O)C1(C)C. The van der Waals surface area contributed by atoms with E-state index in [4.69, 9.17) is 4.74 Å². The van der Waals surface area contributed by atoms with Gasteiger partial charge in [-0.25, -0.2) is 4.79 Å². The Hall–Kier alpha value is -1.10. The van der Waals surface area contributed by atoms with Gasteiger partial charge in [-0.3, -0.25) is 4.79 Å². The number of aliphatic carboxylic acids is 1. The molecule has 5 nitrogen and oxygen atoms in total. The van der Waals surface area contributed by atoms with Gasteiger partial charge >= 0.3 is 5.97 Å². The number of carbonyl (C=O) groups is 2. The molecule has 0 spiro atoms. The maximum Gasteiger partial charge on any atom is 0.330 e. The molecule has 1 aliphatic carbocycles. The van der Waals surface area contributed by atoms with Crippen LogP contribution in [0.25, 0.3) is 0 Å². The third-order valence-electron chi connectivity index (χ3n) is 4.58. The summed E-state index contributed by atoms with van der Waals surface area (Å²) in [5, 5.41) is 12.4. The number of amides is 1. The van der Waals surface area contributed by atoms with Crippen molar-refractivity contribution in [2.75, 3.05) is 6.61 Å². The van der Waals surface area contributed by atoms with Crippen LogP contribution in [0.5, 0.6) is 0 Å². The van der Waals surface area contributed by atoms with Crippen LogP contribution in [0.4, 0.5) is 0 Å². The first-order valence-electron chi connectivity index (χ1n) is 7.62. The van der Waals surface area contributed by atoms with E-state index in [1.54, 1.807) is 0 Å². The lowest BCUT2D eigenvalue weighted by atomic mass is 9.54. The van der Waals surface area contributed by atoms with Crippen molar-refractivity contribution in [1.82, 2.24) is 5.32 Å². The Morgan fingerprint density at radius 3 is 2.29 bits per heavy atom. The van der Waals surface area contributed by atoms with E-state index in [0.717, 1.165) is 6.42 Å². The molecule has 0 aromatic carbocycles. The zero-order valence-electron chi connectivity index (χ0n) is 14.1. The Bertz CT molecular complexity index is 411. The fraction of sp³-hybridized carbons (Fsp3) is 0.875. The van der Waals surface area contributed by atoms with Crippen molar-refractivity contribution in [2.45, 2.75) is 72.4 Å². The molecule has 0 aromatic heterocycles. The van der Waals surface area contributed by atoms with Gasteiger partial charge < -0.3 is 15.2 Å². The molecule has 2 unspecified atom stereocenters. The van der Waals surface area contributed by atoms with Crippen LogP contribution >= 0.6 is 0 Å². The second-order valence-electron chi connectivity index (χ2n) is 7.69. The number of hydrogen-bond donors (Lipinski definition) is 2. The van der Waals surface area contributed by atoms with E-state index in [0.29, 0.717) is 19.4 Å². The van der Waals surface area contributed by atoms with Crippen LogP contribution in [0.15, 0.2) is 0 Å². The minimum absolute atomic E-state index is 0.0523. The van der Waals surface area contributed by atoms with Gasteiger partial charge in [0.1, 0.15) is 5.54 Å². The molecule has 1 fully saturated rings. The summed E-state index contributed by atoms with van der Waals surface area (Å²) >= 11 is 0. The molecule has 0 aromatic rings. The van der Waals surface area contributed by atoms with Crippen molar-refractivity contribution < 1.29 is 19.4 Å². The average molecular weight is 299 g/mol. The van der Waals surface area contributed by atoms with Crippen LogP contribution in [0.3, 0.4) is 0 Å². The standard InChI is InChI=1S/C16H29NO4/c1-7-21-11-10-16(13(19)20,15(11,5)6)17-12(18)8-9-14(2,3)4/h11H,7-10H2,1-6H3,(H,17,18)(H,19,20). The lowest BCUT2D eigenvalue weighted by molar-refractivity contribution is -0.194. The summed E-state index contributed by atoms with van der Waals surface area (Å²) in [7, 11) is 0. The molecule has 1 aliphatic rings. The number of hydrogen-bond acceptors (Lipinski definition) is 3. The van der Waals surface area contributed by atoms with E-state index in [2.05, 4.69) is 26.1 Å². The van der Waals surface area contributed by atoms with E-state index < -0.39 is 16.9 Å². The van der Waals surface area contributed by atoms with Crippen molar-refractivity contribution in [3.8, 4) is 0 Å². The molecule has 0 radical (unpaired) electrons. The smallest absolute Gasteiger partial charge is 0.330 e. The van der Waals surface area contributed by atoms with Crippen LogP contribution in [-0.2, 0) is 14.3 Å². The largest absolute Gasteiger partial charge is 0.479 e. The maximum absolute atomic E-state index is 12.1. The summed E-state index contributed by atoms with van der Waals surface area (Å²) in [4.78, 5) is 23.9. The van der Waals surface area contributed by atoms with Gasteiger partial charge in [0.2, 0.25) is 5.91 Å². The predicted octanol–water partition coefficient (Wildman–Crippen LogP) is 2.59. The van der Waals surface area contributed by atoms with E-state index in [9.17, 15) is 14.7 Å². The molecule has 21 heavy (non-hydrogen) atoms. The van der Waals surface area contributed by atoms with E-state index >= 15 is 0 Å². The van der Waals surface area contributed by atoms with E-state index in [1.807, 2.05) is 20.8 Å². The van der Waals surface area contributed by atoms with Gasteiger partial charge in [0.15, 0.2) is 0 Å². The maximum atomic E-state index is 12.1. The monoisotopic (exact) mass is 299 g/mol. The predicted molar refractivity (Wildman–Crippen MR) is 81.0 cm³/mol. The highest BCUT2D eigenvalue weighted by Crippen LogP contribution is 2.51. The first kappa shape index (κ1) is 18.0. The van der Waals surface area contributed by atoms with Crippen molar-refractivity contribution in [3.05, 3.63) is 0 Å². The van der Waals surface area contributed by atoms with Crippen LogP contribution in [0.2, 0.25) is 0 Å². The number of rotatable bonds is 6. The minimum atomic E-state index is -1.22. The quantitative estimate of drug-likeness (QED) is 0.790. The number of carbonyl (C=O) groups excluding carboxylic acids is 1. The van der Waals surface area contributed by atoms with Crippen LogP contribution in [0.1, 0.15) is 60.8 Å². The van der Waals surface area contributed by atoms with Crippen LogP contribution in [0, 0.1) is 10.8 Å². The Morgan fingerprint density at radius 1 is 1.33 bits per heavy atom. The molecule has 5 heteroatoms. The van der Waals surface area contributed by atoms with Crippen molar-refractivity contribution in [2.24, 2.45) is 10.8 Å². The van der Waals surface area contributed by atoms with Crippen LogP contribution < -0.4 is 5.32 Å². The lowest BCUT2D eigenvalue weighted by Crippen LogP contribution is -2.76. The van der Waals surface area contributed by atoms with Gasteiger partial charge in [-0.15, -0.1) is 0 Å². The second-order valence-corrected chi connectivity index (χ2v) is 7.69. The highest BCUT2D eigenvalue weighted by molar-refractivity contribution is 5.89. The third kappa shape index (κ3) is 3.57. The Balaban J connectivity index is 2.76. The van der Waals surface area contributed by atoms with Gasteiger partial charge in [-0.1, -0.05) is 34.6 Å². The zero-order valence-corrected chi connectivity index (χ0v) is 14.1. The molecule has 0 saturated heterocycles. The topological polar surface area (TPSA) is 75.6 Å². The third-order valence-corrected chi connectivity index (χ3v) is 4.58. The van der Waals surface area contributed by atoms with E-state index in [-0.39, 0.29) is 17.4 Å². The summed E-state index contributed by atoms with van der Waals surface area (Å²) < 4.78 is 5.58. The van der Waals surface area contributed by atoms with Gasteiger partial charge in [0.05, 0.1) is 6.10 Å². The molecule has 2 atom stereocenters. The first-order valence-corrected chi connectivity index (χ1v) is 7.62. The van der Waals surface area contributed by atoms with Gasteiger partial charge in [-0.05, 0) is 18.8 Å². The average Bonchev–Trinajstić information content (AvgIpc) is 2.33.